The van der Waals surface area contributed by atoms with Crippen molar-refractivity contribution < 1.29 is 9.59 Å². The molecular weight excluding hydrogens is 292 g/mol. The van der Waals surface area contributed by atoms with Crippen LogP contribution in [0.4, 0.5) is 0 Å². The third kappa shape index (κ3) is 2.11. The van der Waals surface area contributed by atoms with Crippen LogP contribution < -0.4 is 5.32 Å². The van der Waals surface area contributed by atoms with Gasteiger partial charge in [-0.1, -0.05) is 11.3 Å². The molecule has 0 aliphatic carbocycles. The standard InChI is InChI=1S/C12H16N6O2S/c1-4-5-6(19)13-7-10(20)18-8(9-14-16-17-15-9)12(2,3)21-11(7)18/h4-5,7-8,11H,1-3H3,(H,13,19)(H,14,15,16,17)/t7?,8?,11-/m1/s1. The molecule has 0 bridgehead atoms. The van der Waals surface area contributed by atoms with Gasteiger partial charge in [-0.25, -0.2) is 0 Å². The average Bonchev–Trinajstić information content (AvgIpc) is 3.00. The van der Waals surface area contributed by atoms with E-state index in [0.29, 0.717) is 5.82 Å². The number of β-lactam (4-membered cyclic amide) rings is 1. The van der Waals surface area contributed by atoms with E-state index in [1.165, 1.54) is 6.08 Å². The van der Waals surface area contributed by atoms with Gasteiger partial charge in [-0.3, -0.25) is 9.59 Å². The summed E-state index contributed by atoms with van der Waals surface area (Å²) in [5.74, 6) is 0.143. The van der Waals surface area contributed by atoms with E-state index in [-0.39, 0.29) is 28.0 Å². The molecule has 0 spiro atoms. The van der Waals surface area contributed by atoms with Crippen molar-refractivity contribution in [3.05, 3.63) is 18.0 Å². The Balaban J connectivity index is 1.81. The number of amides is 2. The van der Waals surface area contributed by atoms with Crippen molar-refractivity contribution in [1.82, 2.24) is 30.8 Å². The van der Waals surface area contributed by atoms with Crippen molar-refractivity contribution in [2.45, 2.75) is 43.0 Å². The zero-order chi connectivity index (χ0) is 15.2. The highest BCUT2D eigenvalue weighted by Gasteiger charge is 2.63. The molecule has 0 saturated carbocycles. The molecule has 9 heteroatoms. The van der Waals surface area contributed by atoms with E-state index in [1.807, 2.05) is 13.8 Å². The Hall–Kier alpha value is -1.90. The second-order valence-electron chi connectivity index (χ2n) is 5.52. The predicted octanol–water partition coefficient (Wildman–Crippen LogP) is -0.00460. The Morgan fingerprint density at radius 3 is 2.90 bits per heavy atom. The second kappa shape index (κ2) is 4.83. The Kier molecular flexibility index (Phi) is 3.23. The van der Waals surface area contributed by atoms with Gasteiger partial charge in [0.1, 0.15) is 17.5 Å². The first-order chi connectivity index (χ1) is 9.95. The van der Waals surface area contributed by atoms with E-state index in [0.717, 1.165) is 0 Å². The Labute approximate surface area is 125 Å². The fourth-order valence-electron chi connectivity index (χ4n) is 2.80. The molecule has 2 fully saturated rings. The fourth-order valence-corrected chi connectivity index (χ4v) is 4.43. The molecule has 8 nitrogen and oxygen atoms in total. The number of rotatable bonds is 3. The number of fused-ring (bicyclic) bond motifs is 1. The van der Waals surface area contributed by atoms with Crippen LogP contribution >= 0.6 is 11.8 Å². The number of hydrogen-bond donors (Lipinski definition) is 2. The minimum Gasteiger partial charge on any atom is -0.338 e. The molecule has 2 N–H and O–H groups in total. The molecule has 3 heterocycles. The topological polar surface area (TPSA) is 104 Å². The molecule has 2 saturated heterocycles. The maximum Gasteiger partial charge on any atom is 0.249 e. The van der Waals surface area contributed by atoms with E-state index >= 15 is 0 Å². The predicted molar refractivity (Wildman–Crippen MR) is 76.0 cm³/mol. The van der Waals surface area contributed by atoms with Gasteiger partial charge in [-0.05, 0) is 26.8 Å². The van der Waals surface area contributed by atoms with Crippen LogP contribution in [0.5, 0.6) is 0 Å². The fraction of sp³-hybridized carbons (Fsp3) is 0.583. The molecule has 2 aliphatic heterocycles. The molecule has 0 radical (unpaired) electrons. The maximum atomic E-state index is 12.4. The highest BCUT2D eigenvalue weighted by Crippen LogP contribution is 2.56. The normalized spacial score (nSPS) is 30.3. The third-order valence-electron chi connectivity index (χ3n) is 3.66. The summed E-state index contributed by atoms with van der Waals surface area (Å²) in [6.07, 6.45) is 3.06. The van der Waals surface area contributed by atoms with E-state index in [1.54, 1.807) is 29.7 Å². The SMILES string of the molecule is CC=CC(=O)NC1C(=O)N2C(c3nn[nH]n3)C(C)(C)S[C@H]12. The minimum atomic E-state index is -0.491. The number of tetrazole rings is 1. The van der Waals surface area contributed by atoms with Crippen molar-refractivity contribution in [2.75, 3.05) is 0 Å². The lowest BCUT2D eigenvalue weighted by Crippen LogP contribution is -2.67. The van der Waals surface area contributed by atoms with Gasteiger partial charge in [0.05, 0.1) is 0 Å². The Morgan fingerprint density at radius 2 is 2.29 bits per heavy atom. The van der Waals surface area contributed by atoms with E-state index in [4.69, 9.17) is 0 Å². The maximum absolute atomic E-state index is 12.4. The minimum absolute atomic E-state index is 0.0924. The molecule has 0 aromatic carbocycles. The number of thioether (sulfide) groups is 1. The van der Waals surface area contributed by atoms with Crippen molar-refractivity contribution in [1.29, 1.82) is 0 Å². The quantitative estimate of drug-likeness (QED) is 0.601. The number of nitrogens with one attached hydrogen (secondary N) is 2. The first-order valence-corrected chi connectivity index (χ1v) is 7.50. The van der Waals surface area contributed by atoms with Gasteiger partial charge in [0.15, 0.2) is 5.82 Å². The van der Waals surface area contributed by atoms with E-state index in [9.17, 15) is 9.59 Å². The summed E-state index contributed by atoms with van der Waals surface area (Å²) in [6.45, 7) is 5.83. The zero-order valence-corrected chi connectivity index (χ0v) is 12.7. The number of H-pyrrole nitrogens is 1. The summed E-state index contributed by atoms with van der Waals surface area (Å²) >= 11 is 1.64. The molecule has 2 aliphatic rings. The lowest BCUT2D eigenvalue weighted by Gasteiger charge is -2.43. The van der Waals surface area contributed by atoms with E-state index < -0.39 is 6.04 Å². The molecular formula is C12H16N6O2S. The van der Waals surface area contributed by atoms with Crippen LogP contribution in [-0.2, 0) is 9.59 Å². The largest absolute Gasteiger partial charge is 0.338 e. The van der Waals surface area contributed by atoms with E-state index in [2.05, 4.69) is 25.9 Å². The Morgan fingerprint density at radius 1 is 1.52 bits per heavy atom. The molecule has 112 valence electrons. The second-order valence-corrected chi connectivity index (χ2v) is 7.29. The first-order valence-electron chi connectivity index (χ1n) is 6.62. The number of hydrogen-bond acceptors (Lipinski definition) is 6. The van der Waals surface area contributed by atoms with Gasteiger partial charge < -0.3 is 10.2 Å². The van der Waals surface area contributed by atoms with Crippen LogP contribution in [0.1, 0.15) is 32.6 Å². The van der Waals surface area contributed by atoms with Crippen molar-refractivity contribution in [2.24, 2.45) is 0 Å². The molecule has 3 atom stereocenters. The van der Waals surface area contributed by atoms with Crippen LogP contribution in [0.2, 0.25) is 0 Å². The lowest BCUT2D eigenvalue weighted by atomic mass is 9.95. The van der Waals surface area contributed by atoms with Gasteiger partial charge in [-0.2, -0.15) is 5.21 Å². The summed E-state index contributed by atoms with van der Waals surface area (Å²) in [5.41, 5.74) is 0. The number of aromatic amines is 1. The molecule has 21 heavy (non-hydrogen) atoms. The van der Waals surface area contributed by atoms with Gasteiger partial charge in [0, 0.05) is 4.75 Å². The molecule has 2 unspecified atom stereocenters. The summed E-state index contributed by atoms with van der Waals surface area (Å²) < 4.78 is -0.246. The van der Waals surface area contributed by atoms with Crippen LogP contribution in [0.25, 0.3) is 0 Å². The lowest BCUT2D eigenvalue weighted by molar-refractivity contribution is -0.151. The van der Waals surface area contributed by atoms with Crippen LogP contribution in [0.3, 0.4) is 0 Å². The molecule has 3 rings (SSSR count). The van der Waals surface area contributed by atoms with Gasteiger partial charge >= 0.3 is 0 Å². The van der Waals surface area contributed by atoms with Gasteiger partial charge in [0.2, 0.25) is 11.8 Å². The Bertz CT molecular complexity index is 599. The molecule has 2 amide bonds. The van der Waals surface area contributed by atoms with Gasteiger partial charge in [0.25, 0.3) is 0 Å². The summed E-state index contributed by atoms with van der Waals surface area (Å²) in [5, 5.41) is 16.7. The molecule has 1 aromatic rings. The highest BCUT2D eigenvalue weighted by molar-refractivity contribution is 8.01. The monoisotopic (exact) mass is 308 g/mol. The van der Waals surface area contributed by atoms with Crippen LogP contribution in [0, 0.1) is 0 Å². The number of aromatic nitrogens is 4. The van der Waals surface area contributed by atoms with Crippen LogP contribution in [-0.4, -0.2) is 53.5 Å². The third-order valence-corrected chi connectivity index (χ3v) is 5.23. The van der Waals surface area contributed by atoms with Crippen LogP contribution in [0.15, 0.2) is 12.2 Å². The first kappa shape index (κ1) is 14.1. The summed E-state index contributed by atoms with van der Waals surface area (Å²) in [6, 6.07) is -0.733. The number of carbonyl (C=O) groups is 2. The molecule has 1 aromatic heterocycles. The van der Waals surface area contributed by atoms with Gasteiger partial charge in [-0.15, -0.1) is 22.0 Å². The van der Waals surface area contributed by atoms with Crippen molar-refractivity contribution >= 4 is 23.6 Å². The summed E-state index contributed by atoms with van der Waals surface area (Å²) in [4.78, 5) is 25.7. The van der Waals surface area contributed by atoms with Crippen molar-refractivity contribution in [3.8, 4) is 0 Å². The average molecular weight is 308 g/mol. The summed E-state index contributed by atoms with van der Waals surface area (Å²) in [7, 11) is 0. The van der Waals surface area contributed by atoms with Crippen molar-refractivity contribution in [3.63, 3.8) is 0 Å². The number of carbonyl (C=O) groups excluding carboxylic acids is 2. The zero-order valence-electron chi connectivity index (χ0n) is 11.9. The number of allylic oxidation sites excluding steroid dienone is 1. The highest BCUT2D eigenvalue weighted by atomic mass is 32.2. The number of nitrogens with zero attached hydrogens (tertiary/aromatic N) is 4. The smallest absolute Gasteiger partial charge is 0.249 e.